The minimum absolute atomic E-state index is 0.240. The summed E-state index contributed by atoms with van der Waals surface area (Å²) < 4.78 is 61.7. The number of fused-ring (bicyclic) bond motifs is 1. The predicted octanol–water partition coefficient (Wildman–Crippen LogP) is 4.30. The van der Waals surface area contributed by atoms with Gasteiger partial charge in [-0.3, -0.25) is 0 Å². The zero-order valence-corrected chi connectivity index (χ0v) is 16.3. The Kier molecular flexibility index (Phi) is 4.53. The number of sulfone groups is 1. The SMILES string of the molecule is CS(=O)(=O)C1(CNc2nnc(-c3ccc(C(F)(F)F)cc3)c3ccccc23)CC1. The fourth-order valence-corrected chi connectivity index (χ4v) is 4.51. The van der Waals surface area contributed by atoms with E-state index in [0.29, 0.717) is 35.3 Å². The van der Waals surface area contributed by atoms with Gasteiger partial charge in [-0.25, -0.2) is 8.42 Å². The van der Waals surface area contributed by atoms with Crippen LogP contribution in [0.5, 0.6) is 0 Å². The van der Waals surface area contributed by atoms with Gasteiger partial charge in [-0.05, 0) is 25.0 Å². The molecule has 9 heteroatoms. The first-order chi connectivity index (χ1) is 13.6. The normalized spacial score (nSPS) is 16.0. The summed E-state index contributed by atoms with van der Waals surface area (Å²) in [5.74, 6) is 0.450. The molecule has 29 heavy (non-hydrogen) atoms. The Hall–Kier alpha value is -2.68. The van der Waals surface area contributed by atoms with Gasteiger partial charge in [0.1, 0.15) is 5.69 Å². The van der Waals surface area contributed by atoms with E-state index < -0.39 is 26.3 Å². The molecule has 5 nitrogen and oxygen atoms in total. The minimum atomic E-state index is -4.40. The molecule has 1 aliphatic carbocycles. The van der Waals surface area contributed by atoms with E-state index in [9.17, 15) is 21.6 Å². The second-order valence-corrected chi connectivity index (χ2v) is 9.74. The molecule has 4 rings (SSSR count). The molecule has 2 aromatic carbocycles. The molecule has 1 saturated carbocycles. The van der Waals surface area contributed by atoms with Crippen molar-refractivity contribution >= 4 is 26.4 Å². The Bertz CT molecular complexity index is 1170. The Morgan fingerprint density at radius 1 is 1.00 bits per heavy atom. The molecule has 1 fully saturated rings. The molecule has 0 bridgehead atoms. The number of nitrogens with zero attached hydrogens (tertiary/aromatic N) is 2. The van der Waals surface area contributed by atoms with Crippen molar-refractivity contribution in [3.05, 3.63) is 54.1 Å². The van der Waals surface area contributed by atoms with Gasteiger partial charge in [0.2, 0.25) is 0 Å². The van der Waals surface area contributed by atoms with Crippen LogP contribution in [0.1, 0.15) is 18.4 Å². The van der Waals surface area contributed by atoms with E-state index in [1.807, 2.05) is 18.2 Å². The van der Waals surface area contributed by atoms with Crippen LogP contribution >= 0.6 is 0 Å². The Morgan fingerprint density at radius 3 is 2.17 bits per heavy atom. The maximum Gasteiger partial charge on any atom is 0.416 e. The van der Waals surface area contributed by atoms with Crippen LogP contribution in [0.15, 0.2) is 48.5 Å². The molecule has 0 spiro atoms. The molecule has 1 N–H and O–H groups in total. The number of halogens is 3. The summed E-state index contributed by atoms with van der Waals surface area (Å²) in [6, 6.07) is 12.0. The monoisotopic (exact) mass is 421 g/mol. The van der Waals surface area contributed by atoms with Gasteiger partial charge < -0.3 is 5.32 Å². The van der Waals surface area contributed by atoms with Crippen molar-refractivity contribution in [1.82, 2.24) is 10.2 Å². The van der Waals surface area contributed by atoms with Gasteiger partial charge in [-0.2, -0.15) is 13.2 Å². The number of hydrogen-bond acceptors (Lipinski definition) is 5. The second kappa shape index (κ2) is 6.69. The van der Waals surface area contributed by atoms with Crippen LogP contribution in [0.25, 0.3) is 22.0 Å². The number of alkyl halides is 3. The van der Waals surface area contributed by atoms with Crippen LogP contribution in [-0.2, 0) is 16.0 Å². The lowest BCUT2D eigenvalue weighted by molar-refractivity contribution is -0.137. The number of benzene rings is 2. The summed E-state index contributed by atoms with van der Waals surface area (Å²) in [4.78, 5) is 0. The van der Waals surface area contributed by atoms with Gasteiger partial charge in [0.15, 0.2) is 15.7 Å². The molecule has 0 unspecified atom stereocenters. The predicted molar refractivity (Wildman–Crippen MR) is 105 cm³/mol. The lowest BCUT2D eigenvalue weighted by Gasteiger charge is -2.16. The summed E-state index contributed by atoms with van der Waals surface area (Å²) in [5, 5.41) is 12.9. The topological polar surface area (TPSA) is 72.0 Å². The van der Waals surface area contributed by atoms with Gasteiger partial charge in [0.05, 0.1) is 10.3 Å². The smallest absolute Gasteiger partial charge is 0.366 e. The summed E-state index contributed by atoms with van der Waals surface area (Å²) in [7, 11) is -3.18. The minimum Gasteiger partial charge on any atom is -0.366 e. The number of anilines is 1. The third-order valence-electron chi connectivity index (χ3n) is 5.35. The van der Waals surface area contributed by atoms with E-state index in [1.54, 1.807) is 6.07 Å². The van der Waals surface area contributed by atoms with Crippen molar-refractivity contribution in [2.24, 2.45) is 0 Å². The average Bonchev–Trinajstić information content (AvgIpc) is 3.47. The van der Waals surface area contributed by atoms with Gasteiger partial charge in [0.25, 0.3) is 0 Å². The molecule has 1 heterocycles. The van der Waals surface area contributed by atoms with Crippen LogP contribution < -0.4 is 5.32 Å². The third-order valence-corrected chi connectivity index (χ3v) is 7.47. The van der Waals surface area contributed by atoms with E-state index in [1.165, 1.54) is 18.4 Å². The summed E-state index contributed by atoms with van der Waals surface area (Å²) >= 11 is 0. The van der Waals surface area contributed by atoms with E-state index in [2.05, 4.69) is 15.5 Å². The third kappa shape index (κ3) is 3.66. The van der Waals surface area contributed by atoms with E-state index in [4.69, 9.17) is 0 Å². The summed E-state index contributed by atoms with van der Waals surface area (Å²) in [6.07, 6.45) is -1.96. The fourth-order valence-electron chi connectivity index (χ4n) is 3.33. The van der Waals surface area contributed by atoms with Crippen LogP contribution in [0, 0.1) is 0 Å². The molecule has 0 radical (unpaired) electrons. The van der Waals surface area contributed by atoms with E-state index >= 15 is 0 Å². The molecular formula is C20H18F3N3O2S. The molecule has 152 valence electrons. The molecule has 0 amide bonds. The maximum absolute atomic E-state index is 12.8. The van der Waals surface area contributed by atoms with Crippen molar-refractivity contribution in [2.45, 2.75) is 23.8 Å². The second-order valence-electron chi connectivity index (χ2n) is 7.33. The molecule has 1 aliphatic rings. The Balaban J connectivity index is 1.69. The lowest BCUT2D eigenvalue weighted by Crippen LogP contribution is -2.30. The quantitative estimate of drug-likeness (QED) is 0.665. The summed E-state index contributed by atoms with van der Waals surface area (Å²) in [5.41, 5.74) is 0.250. The van der Waals surface area contributed by atoms with Crippen LogP contribution in [0.4, 0.5) is 19.0 Å². The fraction of sp³-hybridized carbons (Fsp3) is 0.300. The lowest BCUT2D eigenvalue weighted by atomic mass is 10.0. The number of hydrogen-bond donors (Lipinski definition) is 1. The maximum atomic E-state index is 12.8. The highest BCUT2D eigenvalue weighted by molar-refractivity contribution is 7.92. The Labute approximate surface area is 165 Å². The van der Waals surface area contributed by atoms with E-state index in [0.717, 1.165) is 17.5 Å². The highest BCUT2D eigenvalue weighted by Crippen LogP contribution is 2.43. The highest BCUT2D eigenvalue weighted by atomic mass is 32.2. The van der Waals surface area contributed by atoms with Crippen molar-refractivity contribution < 1.29 is 21.6 Å². The molecule has 3 aromatic rings. The van der Waals surface area contributed by atoms with Crippen LogP contribution in [0.3, 0.4) is 0 Å². The first-order valence-electron chi connectivity index (χ1n) is 8.97. The van der Waals surface area contributed by atoms with Gasteiger partial charge >= 0.3 is 6.18 Å². The van der Waals surface area contributed by atoms with Crippen molar-refractivity contribution in [2.75, 3.05) is 18.1 Å². The van der Waals surface area contributed by atoms with E-state index in [-0.39, 0.29) is 6.54 Å². The van der Waals surface area contributed by atoms with Crippen molar-refractivity contribution in [1.29, 1.82) is 0 Å². The zero-order chi connectivity index (χ0) is 20.9. The van der Waals surface area contributed by atoms with Crippen LogP contribution in [-0.4, -0.2) is 36.2 Å². The molecule has 0 aliphatic heterocycles. The Morgan fingerprint density at radius 2 is 1.62 bits per heavy atom. The molecular weight excluding hydrogens is 403 g/mol. The number of rotatable bonds is 5. The van der Waals surface area contributed by atoms with Gasteiger partial charge in [-0.1, -0.05) is 36.4 Å². The standard InChI is InChI=1S/C20H18F3N3O2S/c1-29(27,28)19(10-11-19)12-24-18-16-5-3-2-4-15(16)17(25-26-18)13-6-8-14(9-7-13)20(21,22)23/h2-9H,10-12H2,1H3,(H,24,26). The molecule has 0 atom stereocenters. The van der Waals surface area contributed by atoms with Crippen LogP contribution in [0.2, 0.25) is 0 Å². The zero-order valence-electron chi connectivity index (χ0n) is 15.5. The highest BCUT2D eigenvalue weighted by Gasteiger charge is 2.51. The van der Waals surface area contributed by atoms with Gasteiger partial charge in [0, 0.05) is 29.1 Å². The largest absolute Gasteiger partial charge is 0.416 e. The molecule has 1 aromatic heterocycles. The number of nitrogens with one attached hydrogen (secondary N) is 1. The first kappa shape index (κ1) is 19.6. The first-order valence-corrected chi connectivity index (χ1v) is 10.9. The average molecular weight is 421 g/mol. The van der Waals surface area contributed by atoms with Gasteiger partial charge in [-0.15, -0.1) is 10.2 Å². The summed E-state index contributed by atoms with van der Waals surface area (Å²) in [6.45, 7) is 0.240. The molecule has 0 saturated heterocycles. The number of aromatic nitrogens is 2. The van der Waals surface area contributed by atoms with Crippen molar-refractivity contribution in [3.63, 3.8) is 0 Å². The van der Waals surface area contributed by atoms with Crippen molar-refractivity contribution in [3.8, 4) is 11.3 Å².